The monoisotopic (exact) mass is 422 g/mol. The minimum atomic E-state index is -3.27. The number of aromatic nitrogens is 1. The largest absolute Gasteiger partial charge is 0.360 e. The Balaban J connectivity index is 1.20. The van der Waals surface area contributed by atoms with E-state index >= 15 is 0 Å². The number of sulfonamides is 1. The topological polar surface area (TPSA) is 105 Å². The Labute approximate surface area is 171 Å². The lowest BCUT2D eigenvalue weighted by molar-refractivity contribution is 0.0900. The first-order valence-corrected chi connectivity index (χ1v) is 12.6. The van der Waals surface area contributed by atoms with Gasteiger partial charge in [0.2, 0.25) is 10.0 Å². The van der Waals surface area contributed by atoms with Crippen LogP contribution in [-0.2, 0) is 10.0 Å². The van der Waals surface area contributed by atoms with Crippen LogP contribution in [0, 0.1) is 5.92 Å². The van der Waals surface area contributed by atoms with Gasteiger partial charge in [-0.1, -0.05) is 5.16 Å². The molecule has 1 amide bonds. The maximum atomic E-state index is 13.1. The molecule has 160 valence electrons. The molecule has 4 heterocycles. The number of amides is 1. The number of carbonyl (C=O) groups excluding carboxylic acids is 1. The minimum absolute atomic E-state index is 0.0000614. The van der Waals surface area contributed by atoms with E-state index in [1.165, 1.54) is 0 Å². The number of carbonyl (C=O) groups is 1. The molecule has 0 aromatic carbocycles. The minimum Gasteiger partial charge on any atom is -0.360 e. The average Bonchev–Trinajstić information content (AvgIpc) is 3.34. The fourth-order valence-electron chi connectivity index (χ4n) is 5.37. The molecule has 9 heteroatoms. The number of fused-ring (bicyclic) bond motifs is 2. The molecule has 2 bridgehead atoms. The lowest BCUT2D eigenvalue weighted by Gasteiger charge is -2.39. The highest BCUT2D eigenvalue weighted by Gasteiger charge is 2.47. The van der Waals surface area contributed by atoms with Crippen LogP contribution in [0.4, 0.5) is 0 Å². The van der Waals surface area contributed by atoms with Crippen molar-refractivity contribution >= 4 is 15.9 Å². The summed E-state index contributed by atoms with van der Waals surface area (Å²) in [6, 6.07) is 1.74. The molecule has 1 aliphatic carbocycles. The maximum absolute atomic E-state index is 13.1. The molecule has 3 saturated heterocycles. The van der Waals surface area contributed by atoms with Crippen LogP contribution in [0.15, 0.2) is 10.6 Å². The van der Waals surface area contributed by atoms with Gasteiger partial charge in [0, 0.05) is 30.1 Å². The van der Waals surface area contributed by atoms with Gasteiger partial charge in [-0.25, -0.2) is 8.42 Å². The molecule has 1 saturated carbocycles. The normalized spacial score (nSPS) is 33.0. The molecule has 1 aromatic heterocycles. The first-order chi connectivity index (χ1) is 14.0. The van der Waals surface area contributed by atoms with Crippen LogP contribution < -0.4 is 10.6 Å². The van der Waals surface area contributed by atoms with Gasteiger partial charge in [-0.3, -0.25) is 4.79 Å². The van der Waals surface area contributed by atoms with Crippen molar-refractivity contribution in [3.8, 4) is 0 Å². The molecule has 4 aliphatic rings. The summed E-state index contributed by atoms with van der Waals surface area (Å²) in [4.78, 5) is 12.6. The van der Waals surface area contributed by atoms with Gasteiger partial charge >= 0.3 is 0 Å². The summed E-state index contributed by atoms with van der Waals surface area (Å²) in [6.45, 7) is 1.78. The van der Waals surface area contributed by atoms with Gasteiger partial charge in [0.05, 0.1) is 5.75 Å². The predicted molar refractivity (Wildman–Crippen MR) is 107 cm³/mol. The van der Waals surface area contributed by atoms with Crippen molar-refractivity contribution in [2.45, 2.75) is 75.4 Å². The van der Waals surface area contributed by atoms with Crippen LogP contribution in [0.1, 0.15) is 73.5 Å². The molecule has 0 radical (unpaired) electrons. The van der Waals surface area contributed by atoms with Crippen molar-refractivity contribution in [1.29, 1.82) is 0 Å². The highest BCUT2D eigenvalue weighted by atomic mass is 32.2. The van der Waals surface area contributed by atoms with E-state index in [0.29, 0.717) is 24.5 Å². The first-order valence-electron chi connectivity index (χ1n) is 11.0. The Morgan fingerprint density at radius 2 is 1.97 bits per heavy atom. The zero-order valence-corrected chi connectivity index (χ0v) is 17.5. The van der Waals surface area contributed by atoms with E-state index in [1.54, 1.807) is 10.4 Å². The highest BCUT2D eigenvalue weighted by molar-refractivity contribution is 7.89. The van der Waals surface area contributed by atoms with Gasteiger partial charge in [0.1, 0.15) is 5.76 Å². The van der Waals surface area contributed by atoms with Crippen LogP contribution in [-0.4, -0.2) is 60.8 Å². The molecule has 1 aromatic rings. The van der Waals surface area contributed by atoms with Crippen molar-refractivity contribution in [2.75, 3.05) is 18.8 Å². The number of nitrogens with zero attached hydrogens (tertiary/aromatic N) is 2. The molecule has 29 heavy (non-hydrogen) atoms. The molecule has 3 aliphatic heterocycles. The molecule has 2 N–H and O–H groups in total. The predicted octanol–water partition coefficient (Wildman–Crippen LogP) is 1.61. The summed E-state index contributed by atoms with van der Waals surface area (Å²) < 4.78 is 33.3. The van der Waals surface area contributed by atoms with E-state index in [2.05, 4.69) is 15.8 Å². The second-order valence-corrected chi connectivity index (χ2v) is 11.2. The van der Waals surface area contributed by atoms with Crippen molar-refractivity contribution in [3.05, 3.63) is 17.5 Å². The number of nitrogens with one attached hydrogen (secondary N) is 2. The van der Waals surface area contributed by atoms with Crippen molar-refractivity contribution < 1.29 is 17.7 Å². The highest BCUT2D eigenvalue weighted by Crippen LogP contribution is 2.41. The van der Waals surface area contributed by atoms with E-state index in [-0.39, 0.29) is 35.7 Å². The Hall–Kier alpha value is -1.45. The van der Waals surface area contributed by atoms with Gasteiger partial charge in [0.25, 0.3) is 5.91 Å². The summed E-state index contributed by atoms with van der Waals surface area (Å²) in [5, 5.41) is 10.3. The second kappa shape index (κ2) is 7.67. The van der Waals surface area contributed by atoms with Gasteiger partial charge < -0.3 is 15.2 Å². The third-order valence-corrected chi connectivity index (χ3v) is 9.04. The first kappa shape index (κ1) is 19.5. The lowest BCUT2D eigenvalue weighted by atomic mass is 9.99. The van der Waals surface area contributed by atoms with Crippen LogP contribution in [0.3, 0.4) is 0 Å². The Kier molecular flexibility index (Phi) is 5.16. The maximum Gasteiger partial charge on any atom is 0.273 e. The smallest absolute Gasteiger partial charge is 0.273 e. The van der Waals surface area contributed by atoms with Gasteiger partial charge in [-0.15, -0.1) is 0 Å². The average molecular weight is 423 g/mol. The molecule has 5 rings (SSSR count). The standard InChI is InChI=1S/C20H30N4O4S/c25-20(18-10-19(28-23-18)14-3-4-14)22-15-8-16-5-6-17(9-15)24(16)29(26,27)12-13-2-1-7-21-11-13/h10,13-17,21H,1-9,11-12H2,(H,22,25)/t13?,15-,16-,17+. The van der Waals surface area contributed by atoms with E-state index in [1.807, 2.05) is 0 Å². The van der Waals surface area contributed by atoms with E-state index in [4.69, 9.17) is 4.52 Å². The van der Waals surface area contributed by atoms with E-state index in [9.17, 15) is 13.2 Å². The van der Waals surface area contributed by atoms with Crippen LogP contribution in [0.2, 0.25) is 0 Å². The summed E-state index contributed by atoms with van der Waals surface area (Å²) in [6.07, 6.45) is 7.35. The summed E-state index contributed by atoms with van der Waals surface area (Å²) >= 11 is 0. The van der Waals surface area contributed by atoms with E-state index < -0.39 is 10.0 Å². The van der Waals surface area contributed by atoms with E-state index in [0.717, 1.165) is 57.4 Å². The SMILES string of the molecule is O=C(N[C@@H]1C[C@H]2CC[C@@H](C1)N2S(=O)(=O)CC1CCCNC1)c1cc(C2CC2)on1. The van der Waals surface area contributed by atoms with Crippen molar-refractivity contribution in [1.82, 2.24) is 20.1 Å². The van der Waals surface area contributed by atoms with Crippen molar-refractivity contribution in [2.24, 2.45) is 5.92 Å². The zero-order chi connectivity index (χ0) is 20.0. The van der Waals surface area contributed by atoms with Crippen LogP contribution in [0.25, 0.3) is 0 Å². The Bertz CT molecular complexity index is 846. The summed E-state index contributed by atoms with van der Waals surface area (Å²) in [5.41, 5.74) is 0.332. The fourth-order valence-corrected chi connectivity index (χ4v) is 7.72. The Morgan fingerprint density at radius 3 is 2.62 bits per heavy atom. The van der Waals surface area contributed by atoms with Gasteiger partial charge in [-0.05, 0) is 70.4 Å². The van der Waals surface area contributed by atoms with Crippen LogP contribution >= 0.6 is 0 Å². The molecular formula is C20H30N4O4S. The quantitative estimate of drug-likeness (QED) is 0.722. The third-order valence-electron chi connectivity index (χ3n) is 6.91. The fraction of sp³-hybridized carbons (Fsp3) is 0.800. The molecule has 4 atom stereocenters. The second-order valence-electron chi connectivity index (χ2n) is 9.24. The molecular weight excluding hydrogens is 392 g/mol. The number of hydrogen-bond acceptors (Lipinski definition) is 6. The zero-order valence-electron chi connectivity index (χ0n) is 16.7. The number of hydrogen-bond donors (Lipinski definition) is 2. The Morgan fingerprint density at radius 1 is 1.21 bits per heavy atom. The summed E-state index contributed by atoms with van der Waals surface area (Å²) in [5.74, 6) is 1.46. The van der Waals surface area contributed by atoms with Crippen molar-refractivity contribution in [3.63, 3.8) is 0 Å². The number of piperidine rings is 2. The molecule has 1 unspecified atom stereocenters. The number of rotatable bonds is 6. The van der Waals surface area contributed by atoms with Gasteiger partial charge in [0.15, 0.2) is 5.69 Å². The molecule has 0 spiro atoms. The lowest BCUT2D eigenvalue weighted by Crippen LogP contribution is -2.53. The third kappa shape index (κ3) is 4.09. The summed E-state index contributed by atoms with van der Waals surface area (Å²) in [7, 11) is -3.27. The van der Waals surface area contributed by atoms with Crippen LogP contribution in [0.5, 0.6) is 0 Å². The molecule has 8 nitrogen and oxygen atoms in total. The van der Waals surface area contributed by atoms with Gasteiger partial charge in [-0.2, -0.15) is 4.31 Å². The molecule has 4 fully saturated rings.